The number of thiophene rings is 5. The van der Waals surface area contributed by atoms with Crippen LogP contribution >= 0.6 is 68.3 Å². The SMILES string of the molecule is COc1ccc(CC(=O)n2ccc(/C=C/c3ccco3)n2)cc1.COc1ccc(CC(=O)n2ccc(/C=C/c3cccs3)n2)cc1.Cn1cccc1C(=O)n1ccc(/C=C/c2ccco2)n1.Cn1cccc1C(=O)n1ccc(/C=C/c2cccs2)n1.O=C(C1CCC1)n1ccc(/C=C/c2cccs2)n1.O=C(CC1CCCC1)n1ccc(/C=C/c2cccs2)n1.O=C(Cc1ccc(Cl)cc1)n1ccc(/C=C/c2cccs2)n1. The lowest BCUT2D eigenvalue weighted by molar-refractivity contribution is 0.0745. The van der Waals surface area contributed by atoms with Crippen LogP contribution in [0.5, 0.6) is 11.5 Å². The summed E-state index contributed by atoms with van der Waals surface area (Å²) < 4.78 is 34.0. The van der Waals surface area contributed by atoms with Crippen molar-refractivity contribution in [1.82, 2.24) is 77.6 Å². The zero-order valence-corrected chi connectivity index (χ0v) is 85.0. The van der Waals surface area contributed by atoms with E-state index in [9.17, 15) is 33.6 Å². The quantitative estimate of drug-likeness (QED) is 0.0462. The third kappa shape index (κ3) is 31.8. The van der Waals surface area contributed by atoms with Crippen molar-refractivity contribution < 1.29 is 51.9 Å². The first-order valence-electron chi connectivity index (χ1n) is 46.7. The van der Waals surface area contributed by atoms with Crippen LogP contribution in [0.25, 0.3) is 85.1 Å². The molecule has 0 saturated heterocycles. The Morgan fingerprint density at radius 1 is 0.322 bits per heavy atom. The lowest BCUT2D eigenvalue weighted by Crippen LogP contribution is -2.27. The number of nitrogens with zero attached hydrogens (tertiary/aromatic N) is 16. The second kappa shape index (κ2) is 53.6. The van der Waals surface area contributed by atoms with Crippen LogP contribution in [0.1, 0.15) is 189 Å². The summed E-state index contributed by atoms with van der Waals surface area (Å²) in [5, 5.41) is 40.8. The Morgan fingerprint density at radius 3 is 0.911 bits per heavy atom. The molecule has 0 N–H and O–H groups in total. The summed E-state index contributed by atoms with van der Waals surface area (Å²) in [7, 11) is 6.90. The number of carbonyl (C=O) groups is 7. The molecule has 16 aromatic heterocycles. The highest BCUT2D eigenvalue weighted by molar-refractivity contribution is 7.12. The van der Waals surface area contributed by atoms with Crippen LogP contribution in [0, 0.1) is 11.8 Å². The average molecular weight is 2060 g/mol. The average Bonchev–Trinajstić information content (AvgIpc) is 1.69. The monoisotopic (exact) mass is 2050 g/mol. The molecule has 0 aliphatic heterocycles. The Balaban J connectivity index is 0.000000128. The molecule has 19 aromatic rings. The van der Waals surface area contributed by atoms with Crippen molar-refractivity contribution in [3.63, 3.8) is 0 Å². The van der Waals surface area contributed by atoms with Gasteiger partial charge in [-0.05, 0) is 318 Å². The van der Waals surface area contributed by atoms with E-state index in [0.29, 0.717) is 53.0 Å². The van der Waals surface area contributed by atoms with Gasteiger partial charge in [0.05, 0.1) is 85.9 Å². The van der Waals surface area contributed by atoms with Gasteiger partial charge >= 0.3 is 0 Å². The summed E-state index contributed by atoms with van der Waals surface area (Å²) in [5.41, 5.74) is 9.32. The molecule has 146 heavy (non-hydrogen) atoms. The maximum Gasteiger partial charge on any atom is 0.294 e. The predicted molar refractivity (Wildman–Crippen MR) is 583 cm³/mol. The largest absolute Gasteiger partial charge is 0.497 e. The number of hydrogen-bond acceptors (Lipinski definition) is 23. The predicted octanol–water partition coefficient (Wildman–Crippen LogP) is 25.9. The standard InChI is InChI=1S/C18H16N2O3.C18H16N2O2S.C17H13ClN2OS.C16H18N2OS.C15H13N3O2.C15H13N3OS.C14H14N2OS/c2*1-22-16-7-4-14(5-8-16)13-18(21)20-11-10-15(19-20)6-9-17-3-2-12-23-17;18-14-5-3-13(4-6-14)12-17(21)20-10-9-15(19-20)7-8-16-2-1-11-22-16;19-16(12-13-4-1-2-5-13)18-10-9-14(17-18)7-8-15-6-3-11-20-15;2*1-17-9-2-5-14(17)15(19)18-10-8-12(16-18)6-7-13-4-3-11-20-13;17-14(11-3-1-4-11)16-9-8-12(15-16)6-7-13-5-2-10-18-13/h2*2-12H,13H2,1H3;1-11H,12H2;3,6-11,13H,1-2,4-5,12H2;2*2-11H,1H3;2,5-11H,1,3-4H2/b2*9-6+;2*8-7+;3*7-6+. The van der Waals surface area contributed by atoms with Gasteiger partial charge in [-0.25, -0.2) is 32.8 Å². The topological polar surface area (TPSA) is 299 Å². The van der Waals surface area contributed by atoms with E-state index in [4.69, 9.17) is 29.9 Å². The number of aryl methyl sites for hydroxylation is 2. The Hall–Kier alpha value is -16.5. The van der Waals surface area contributed by atoms with Gasteiger partial charge in [0.2, 0.25) is 11.8 Å². The van der Waals surface area contributed by atoms with E-state index in [1.165, 1.54) is 74.6 Å². The van der Waals surface area contributed by atoms with Gasteiger partial charge in [-0.1, -0.05) is 97.6 Å². The van der Waals surface area contributed by atoms with Crippen LogP contribution in [-0.2, 0) is 33.4 Å². The normalized spacial score (nSPS) is 12.4. The van der Waals surface area contributed by atoms with Crippen LogP contribution in [-0.4, -0.2) is 133 Å². The molecule has 2 aliphatic carbocycles. The number of ether oxygens (including phenoxy) is 2. The number of carbonyl (C=O) groups excluding carboxylic acids is 7. The maximum atomic E-state index is 12.3. The van der Waals surface area contributed by atoms with Gasteiger partial charge in [0, 0.05) is 112 Å². The summed E-state index contributed by atoms with van der Waals surface area (Å²) in [4.78, 5) is 91.1. The third-order valence-electron chi connectivity index (χ3n) is 22.7. The van der Waals surface area contributed by atoms with Gasteiger partial charge < -0.3 is 27.4 Å². The molecule has 0 radical (unpaired) electrons. The highest BCUT2D eigenvalue weighted by Crippen LogP contribution is 2.30. The smallest absolute Gasteiger partial charge is 0.294 e. The molecule has 21 rings (SSSR count). The van der Waals surface area contributed by atoms with Crippen molar-refractivity contribution in [2.24, 2.45) is 25.9 Å². The zero-order chi connectivity index (χ0) is 102. The molecule has 2 saturated carbocycles. The molecule has 2 aliphatic rings. The molecule has 16 heterocycles. The lowest BCUT2D eigenvalue weighted by atomic mass is 9.85. The molecular formula is C113H103ClN16O11S5. The molecule has 0 spiro atoms. The van der Waals surface area contributed by atoms with Crippen LogP contribution in [0.3, 0.4) is 0 Å². The van der Waals surface area contributed by atoms with Gasteiger partial charge in [-0.15, -0.1) is 56.7 Å². The summed E-state index contributed by atoms with van der Waals surface area (Å²) in [6.45, 7) is 0. The van der Waals surface area contributed by atoms with Gasteiger partial charge in [0.25, 0.3) is 29.5 Å². The maximum absolute atomic E-state index is 12.3. The van der Waals surface area contributed by atoms with Gasteiger partial charge in [-0.3, -0.25) is 33.6 Å². The highest BCUT2D eigenvalue weighted by atomic mass is 35.5. The zero-order valence-electron chi connectivity index (χ0n) is 80.2. The van der Waals surface area contributed by atoms with E-state index < -0.39 is 0 Å². The Bertz CT molecular complexity index is 7280. The summed E-state index contributed by atoms with van der Waals surface area (Å²) in [6.07, 6.45) is 55.3. The first-order chi connectivity index (χ1) is 71.3. The minimum atomic E-state index is -0.157. The minimum Gasteiger partial charge on any atom is -0.497 e. The number of halogens is 1. The molecule has 0 amide bonds. The molecule has 2 fully saturated rings. The van der Waals surface area contributed by atoms with Crippen molar-refractivity contribution >= 4 is 195 Å². The molecular weight excluding hydrogens is 1950 g/mol. The first kappa shape index (κ1) is 104. The Kier molecular flexibility index (Phi) is 38.1. The second-order valence-corrected chi connectivity index (χ2v) is 38.4. The van der Waals surface area contributed by atoms with E-state index in [-0.39, 0.29) is 53.7 Å². The van der Waals surface area contributed by atoms with Crippen molar-refractivity contribution in [2.45, 2.75) is 70.6 Å². The molecule has 0 unspecified atom stereocenters. The van der Waals surface area contributed by atoms with Crippen LogP contribution in [0.15, 0.2) is 328 Å². The molecule has 27 nitrogen and oxygen atoms in total. The first-order valence-corrected chi connectivity index (χ1v) is 51.5. The highest BCUT2D eigenvalue weighted by Gasteiger charge is 2.27. The lowest BCUT2D eigenvalue weighted by Gasteiger charge is -2.22. The van der Waals surface area contributed by atoms with Crippen LogP contribution in [0.2, 0.25) is 5.02 Å². The fourth-order valence-corrected chi connectivity index (χ4v) is 17.8. The third-order valence-corrected chi connectivity index (χ3v) is 27.1. The summed E-state index contributed by atoms with van der Waals surface area (Å²) in [6, 6.07) is 69.8. The second-order valence-electron chi connectivity index (χ2n) is 33.1. The number of aromatic nitrogens is 16. The van der Waals surface area contributed by atoms with Gasteiger partial charge in [0.15, 0.2) is 0 Å². The molecule has 0 atom stereocenters. The van der Waals surface area contributed by atoms with Crippen molar-refractivity contribution in [2.75, 3.05) is 14.2 Å². The number of hydrogen-bond donors (Lipinski definition) is 0. The molecule has 738 valence electrons. The Morgan fingerprint density at radius 2 is 0.623 bits per heavy atom. The van der Waals surface area contributed by atoms with Gasteiger partial charge in [0.1, 0.15) is 34.4 Å². The van der Waals surface area contributed by atoms with Crippen molar-refractivity contribution in [3.05, 3.63) is 429 Å². The summed E-state index contributed by atoms with van der Waals surface area (Å²) >= 11 is 14.2. The molecule has 33 heteroatoms. The van der Waals surface area contributed by atoms with E-state index in [1.807, 2.05) is 290 Å². The van der Waals surface area contributed by atoms with Crippen molar-refractivity contribution in [1.29, 1.82) is 0 Å². The number of rotatable bonds is 27. The van der Waals surface area contributed by atoms with E-state index in [0.717, 1.165) is 95.7 Å². The molecule has 0 bridgehead atoms. The summed E-state index contributed by atoms with van der Waals surface area (Å²) in [5.74, 6) is 3.53. The molecule has 3 aromatic carbocycles. The minimum absolute atomic E-state index is 0.0639. The number of methoxy groups -OCH3 is 2. The number of furan rings is 2. The Labute approximate surface area is 868 Å². The fraction of sp³-hybridized carbons (Fsp3) is 0.150. The number of benzene rings is 3. The van der Waals surface area contributed by atoms with Crippen molar-refractivity contribution in [3.8, 4) is 11.5 Å². The van der Waals surface area contributed by atoms with E-state index in [1.54, 1.807) is 197 Å². The van der Waals surface area contributed by atoms with E-state index in [2.05, 4.69) is 47.8 Å². The van der Waals surface area contributed by atoms with E-state index >= 15 is 0 Å². The fourth-order valence-electron chi connectivity index (χ4n) is 14.6. The van der Waals surface area contributed by atoms with Crippen LogP contribution < -0.4 is 9.47 Å². The van der Waals surface area contributed by atoms with Gasteiger partial charge in [-0.2, -0.15) is 35.7 Å². The van der Waals surface area contributed by atoms with Crippen LogP contribution in [0.4, 0.5) is 0 Å².